The standard InChI is InChI=1S/C46H28O/c1-3-14-33-29(11-1)13-9-21-36(33)44-39-18-7-5-16-37(39)43(38-17-6-8-19-40(38)44)32-25-23-31(24-26-32)35-20-10-22-41-42-28-27-30-12-2-4-15-34(30)46(42)47-45(35)41/h1-28H. The lowest BCUT2D eigenvalue weighted by molar-refractivity contribution is 0.674. The first-order chi connectivity index (χ1) is 23.3. The topological polar surface area (TPSA) is 13.1 Å². The van der Waals surface area contributed by atoms with E-state index in [0.717, 1.165) is 38.5 Å². The minimum Gasteiger partial charge on any atom is -0.455 e. The normalized spacial score (nSPS) is 11.8. The Morgan fingerprint density at radius 1 is 0.255 bits per heavy atom. The largest absolute Gasteiger partial charge is 0.455 e. The Morgan fingerprint density at radius 3 is 1.43 bits per heavy atom. The highest BCUT2D eigenvalue weighted by molar-refractivity contribution is 6.23. The van der Waals surface area contributed by atoms with Crippen LogP contribution in [0.25, 0.3) is 98.4 Å². The van der Waals surface area contributed by atoms with Gasteiger partial charge in [0.15, 0.2) is 0 Å². The van der Waals surface area contributed by atoms with Crippen molar-refractivity contribution in [1.29, 1.82) is 0 Å². The highest BCUT2D eigenvalue weighted by Gasteiger charge is 2.19. The van der Waals surface area contributed by atoms with E-state index in [1.54, 1.807) is 0 Å². The molecule has 10 rings (SSSR count). The Morgan fingerprint density at radius 2 is 0.723 bits per heavy atom. The van der Waals surface area contributed by atoms with Gasteiger partial charge in [0.05, 0.1) is 0 Å². The van der Waals surface area contributed by atoms with Crippen LogP contribution in [0.1, 0.15) is 0 Å². The molecule has 0 bridgehead atoms. The van der Waals surface area contributed by atoms with Crippen LogP contribution in [0, 0.1) is 0 Å². The van der Waals surface area contributed by atoms with Crippen LogP contribution in [0.4, 0.5) is 0 Å². The van der Waals surface area contributed by atoms with Crippen molar-refractivity contribution >= 4 is 65.0 Å². The maximum absolute atomic E-state index is 6.67. The van der Waals surface area contributed by atoms with Crippen LogP contribution in [0.3, 0.4) is 0 Å². The second kappa shape index (κ2) is 10.2. The smallest absolute Gasteiger partial charge is 0.143 e. The van der Waals surface area contributed by atoms with Crippen LogP contribution in [-0.4, -0.2) is 0 Å². The number of furan rings is 1. The second-order valence-corrected chi connectivity index (χ2v) is 12.4. The molecule has 0 amide bonds. The van der Waals surface area contributed by atoms with Gasteiger partial charge in [0.1, 0.15) is 11.2 Å². The molecule has 1 nitrogen and oxygen atoms in total. The first kappa shape index (κ1) is 26.1. The molecule has 0 unspecified atom stereocenters. The molecule has 1 heterocycles. The zero-order valence-corrected chi connectivity index (χ0v) is 25.6. The van der Waals surface area contributed by atoms with Gasteiger partial charge >= 0.3 is 0 Å². The number of hydrogen-bond acceptors (Lipinski definition) is 1. The van der Waals surface area contributed by atoms with Crippen molar-refractivity contribution in [3.05, 3.63) is 170 Å². The van der Waals surface area contributed by atoms with Gasteiger partial charge in [-0.1, -0.05) is 164 Å². The third-order valence-corrected chi connectivity index (χ3v) is 9.86. The number of hydrogen-bond donors (Lipinski definition) is 0. The average Bonchev–Trinajstić information content (AvgIpc) is 3.53. The summed E-state index contributed by atoms with van der Waals surface area (Å²) in [7, 11) is 0. The molecule has 218 valence electrons. The molecule has 10 aromatic rings. The summed E-state index contributed by atoms with van der Waals surface area (Å²) in [6, 6.07) is 61.5. The molecule has 0 fully saturated rings. The first-order valence-corrected chi connectivity index (χ1v) is 16.2. The lowest BCUT2D eigenvalue weighted by Crippen LogP contribution is -1.91. The monoisotopic (exact) mass is 596 g/mol. The van der Waals surface area contributed by atoms with Gasteiger partial charge < -0.3 is 4.42 Å². The van der Waals surface area contributed by atoms with Crippen molar-refractivity contribution in [1.82, 2.24) is 0 Å². The first-order valence-electron chi connectivity index (χ1n) is 16.2. The minimum atomic E-state index is 0.932. The molecule has 0 atom stereocenters. The van der Waals surface area contributed by atoms with Crippen molar-refractivity contribution in [2.24, 2.45) is 0 Å². The number of fused-ring (bicyclic) bond motifs is 8. The molecule has 0 saturated carbocycles. The Balaban J connectivity index is 1.18. The Labute approximate surface area is 271 Å². The molecule has 1 aromatic heterocycles. The van der Waals surface area contributed by atoms with Crippen LogP contribution < -0.4 is 0 Å². The molecule has 0 N–H and O–H groups in total. The SMILES string of the molecule is c1ccc2c(-c3c4ccccc4c(-c4ccc(-c5cccc6c5oc5c7ccccc7ccc65)cc4)c4ccccc34)cccc2c1. The molecule has 9 aromatic carbocycles. The quantitative estimate of drug-likeness (QED) is 0.185. The van der Waals surface area contributed by atoms with Crippen LogP contribution in [0.2, 0.25) is 0 Å². The van der Waals surface area contributed by atoms with Crippen molar-refractivity contribution < 1.29 is 4.42 Å². The van der Waals surface area contributed by atoms with E-state index in [1.807, 2.05) is 0 Å². The maximum atomic E-state index is 6.67. The third kappa shape index (κ3) is 3.90. The van der Waals surface area contributed by atoms with Gasteiger partial charge in [-0.2, -0.15) is 0 Å². The van der Waals surface area contributed by atoms with Gasteiger partial charge in [0.25, 0.3) is 0 Å². The molecule has 1 heteroatoms. The Bertz CT molecular complexity index is 2770. The summed E-state index contributed by atoms with van der Waals surface area (Å²) in [6.45, 7) is 0. The fourth-order valence-electron chi connectivity index (χ4n) is 7.74. The van der Waals surface area contributed by atoms with Gasteiger partial charge in [-0.05, 0) is 71.6 Å². The summed E-state index contributed by atoms with van der Waals surface area (Å²) < 4.78 is 6.67. The van der Waals surface area contributed by atoms with E-state index in [0.29, 0.717) is 0 Å². The zero-order valence-electron chi connectivity index (χ0n) is 25.6. The minimum absolute atomic E-state index is 0.932. The molecule has 0 radical (unpaired) electrons. The number of rotatable bonds is 3. The molecule has 0 aliphatic heterocycles. The van der Waals surface area contributed by atoms with Crippen LogP contribution in [-0.2, 0) is 0 Å². The van der Waals surface area contributed by atoms with E-state index in [1.165, 1.54) is 60.0 Å². The predicted molar refractivity (Wildman–Crippen MR) is 200 cm³/mol. The lowest BCUT2D eigenvalue weighted by Gasteiger charge is -2.19. The van der Waals surface area contributed by atoms with E-state index in [9.17, 15) is 0 Å². The van der Waals surface area contributed by atoms with Gasteiger partial charge in [0.2, 0.25) is 0 Å². The van der Waals surface area contributed by atoms with Crippen molar-refractivity contribution in [3.8, 4) is 33.4 Å². The summed E-state index contributed by atoms with van der Waals surface area (Å²) in [5, 5.41) is 12.2. The highest BCUT2D eigenvalue weighted by Crippen LogP contribution is 2.46. The van der Waals surface area contributed by atoms with Crippen LogP contribution in [0.5, 0.6) is 0 Å². The lowest BCUT2D eigenvalue weighted by atomic mass is 9.84. The van der Waals surface area contributed by atoms with E-state index in [4.69, 9.17) is 4.42 Å². The summed E-state index contributed by atoms with van der Waals surface area (Å²) in [6.07, 6.45) is 0. The predicted octanol–water partition coefficient (Wildman–Crippen LogP) is 13.2. The summed E-state index contributed by atoms with van der Waals surface area (Å²) in [5.41, 5.74) is 9.16. The van der Waals surface area contributed by atoms with Crippen LogP contribution >= 0.6 is 0 Å². The fourth-order valence-corrected chi connectivity index (χ4v) is 7.74. The van der Waals surface area contributed by atoms with E-state index in [2.05, 4.69) is 170 Å². The van der Waals surface area contributed by atoms with Gasteiger partial charge in [-0.25, -0.2) is 0 Å². The zero-order chi connectivity index (χ0) is 30.9. The molecule has 0 saturated heterocycles. The summed E-state index contributed by atoms with van der Waals surface area (Å²) in [5.74, 6) is 0. The maximum Gasteiger partial charge on any atom is 0.143 e. The van der Waals surface area contributed by atoms with Gasteiger partial charge in [0, 0.05) is 21.7 Å². The number of para-hydroxylation sites is 1. The second-order valence-electron chi connectivity index (χ2n) is 12.4. The van der Waals surface area contributed by atoms with Crippen molar-refractivity contribution in [2.45, 2.75) is 0 Å². The Hall–Kier alpha value is -6.18. The van der Waals surface area contributed by atoms with Crippen molar-refractivity contribution in [3.63, 3.8) is 0 Å². The van der Waals surface area contributed by atoms with Crippen LogP contribution in [0.15, 0.2) is 174 Å². The van der Waals surface area contributed by atoms with E-state index < -0.39 is 0 Å². The van der Waals surface area contributed by atoms with E-state index >= 15 is 0 Å². The summed E-state index contributed by atoms with van der Waals surface area (Å²) >= 11 is 0. The average molecular weight is 597 g/mol. The molecular formula is C46H28O. The van der Waals surface area contributed by atoms with Crippen molar-refractivity contribution in [2.75, 3.05) is 0 Å². The Kier molecular flexibility index (Phi) is 5.64. The number of benzene rings is 9. The van der Waals surface area contributed by atoms with Gasteiger partial charge in [-0.3, -0.25) is 0 Å². The molecular weight excluding hydrogens is 569 g/mol. The molecule has 0 aliphatic carbocycles. The third-order valence-electron chi connectivity index (χ3n) is 9.86. The highest BCUT2D eigenvalue weighted by atomic mass is 16.3. The fraction of sp³-hybridized carbons (Fsp3) is 0. The summed E-state index contributed by atoms with van der Waals surface area (Å²) in [4.78, 5) is 0. The van der Waals surface area contributed by atoms with E-state index in [-0.39, 0.29) is 0 Å². The van der Waals surface area contributed by atoms with Gasteiger partial charge in [-0.15, -0.1) is 0 Å². The molecule has 47 heavy (non-hydrogen) atoms. The molecule has 0 aliphatic rings. The molecule has 0 spiro atoms.